The molecule has 3 aromatic rings. The van der Waals surface area contributed by atoms with Crippen molar-refractivity contribution in [3.05, 3.63) is 64.0 Å². The number of hydrogen-bond donors (Lipinski definition) is 1. The van der Waals surface area contributed by atoms with Crippen LogP contribution >= 0.6 is 11.8 Å². The van der Waals surface area contributed by atoms with Gasteiger partial charge in [-0.1, -0.05) is 37.1 Å². The van der Waals surface area contributed by atoms with Gasteiger partial charge in [0.25, 0.3) is 5.69 Å². The van der Waals surface area contributed by atoms with Crippen LogP contribution < -0.4 is 14.8 Å². The van der Waals surface area contributed by atoms with Crippen LogP contribution in [0.15, 0.2) is 47.6 Å². The maximum Gasteiger partial charge on any atom is 0.270 e. The van der Waals surface area contributed by atoms with Gasteiger partial charge in [0.1, 0.15) is 11.5 Å². The molecule has 4 rings (SSSR count). The zero-order valence-corrected chi connectivity index (χ0v) is 20.2. The number of non-ortho nitro benzene ring substituents is 1. The molecule has 9 nitrogen and oxygen atoms in total. The second-order valence-electron chi connectivity index (χ2n) is 8.19. The van der Waals surface area contributed by atoms with Crippen molar-refractivity contribution in [1.29, 1.82) is 0 Å². The van der Waals surface area contributed by atoms with Crippen LogP contribution in [0.2, 0.25) is 0 Å². The monoisotopic (exact) mass is 483 g/mol. The number of thioether (sulfide) groups is 1. The van der Waals surface area contributed by atoms with Crippen LogP contribution in [0.4, 0.5) is 11.4 Å². The molecule has 0 bridgehead atoms. The van der Waals surface area contributed by atoms with Crippen LogP contribution in [0.1, 0.15) is 49.5 Å². The predicted molar refractivity (Wildman–Crippen MR) is 132 cm³/mol. The first kappa shape index (κ1) is 23.9. The Labute approximate surface area is 203 Å². The van der Waals surface area contributed by atoms with E-state index in [1.54, 1.807) is 26.4 Å². The third kappa shape index (κ3) is 5.61. The standard InChI is InChI=1S/C24H29N5O4S/c1-32-21-10-6-7-18(14-21)25-15-23-26-27-24(28(23)19-8-4-3-5-9-19)34-16-17-13-20(29(30)31)11-12-22(17)33-2/h6-7,10-14,19,25H,3-5,8-9,15-16H2,1-2H3. The van der Waals surface area contributed by atoms with Crippen molar-refractivity contribution in [3.8, 4) is 11.5 Å². The minimum Gasteiger partial charge on any atom is -0.497 e. The molecule has 0 spiro atoms. The quantitative estimate of drug-likeness (QED) is 0.225. The third-order valence-electron chi connectivity index (χ3n) is 6.03. The van der Waals surface area contributed by atoms with Gasteiger partial charge in [0.2, 0.25) is 0 Å². The lowest BCUT2D eigenvalue weighted by Crippen LogP contribution is -2.18. The Hall–Kier alpha value is -3.27. The van der Waals surface area contributed by atoms with E-state index in [1.165, 1.54) is 37.1 Å². The molecule has 1 saturated carbocycles. The summed E-state index contributed by atoms with van der Waals surface area (Å²) in [7, 11) is 3.22. The number of anilines is 1. The second-order valence-corrected chi connectivity index (χ2v) is 9.13. The van der Waals surface area contributed by atoms with Crippen molar-refractivity contribution in [1.82, 2.24) is 14.8 Å². The molecule has 2 aromatic carbocycles. The number of ether oxygens (including phenoxy) is 2. The molecule has 0 unspecified atom stereocenters. The normalized spacial score (nSPS) is 14.1. The lowest BCUT2D eigenvalue weighted by molar-refractivity contribution is -0.384. The zero-order chi connectivity index (χ0) is 23.9. The summed E-state index contributed by atoms with van der Waals surface area (Å²) in [5.74, 6) is 2.80. The fourth-order valence-electron chi connectivity index (χ4n) is 4.28. The predicted octanol–water partition coefficient (Wildman–Crippen LogP) is 5.61. The lowest BCUT2D eigenvalue weighted by Gasteiger charge is -2.25. The molecule has 0 radical (unpaired) electrons. The molecule has 1 heterocycles. The Kier molecular flexibility index (Phi) is 7.89. The number of methoxy groups -OCH3 is 2. The number of nitrogens with zero attached hydrogens (tertiary/aromatic N) is 4. The largest absolute Gasteiger partial charge is 0.497 e. The third-order valence-corrected chi connectivity index (χ3v) is 7.02. The molecular weight excluding hydrogens is 454 g/mol. The average molecular weight is 484 g/mol. The van der Waals surface area contributed by atoms with Crippen LogP contribution in [-0.2, 0) is 12.3 Å². The van der Waals surface area contributed by atoms with Gasteiger partial charge in [-0.2, -0.15) is 0 Å². The van der Waals surface area contributed by atoms with E-state index in [-0.39, 0.29) is 10.6 Å². The van der Waals surface area contributed by atoms with E-state index in [2.05, 4.69) is 20.1 Å². The number of hydrogen-bond acceptors (Lipinski definition) is 8. The Bertz CT molecular complexity index is 1130. The van der Waals surface area contributed by atoms with Crippen molar-refractivity contribution >= 4 is 23.1 Å². The highest BCUT2D eigenvalue weighted by atomic mass is 32.2. The molecule has 10 heteroatoms. The van der Waals surface area contributed by atoms with E-state index in [0.717, 1.165) is 40.8 Å². The summed E-state index contributed by atoms with van der Waals surface area (Å²) in [6.45, 7) is 0.539. The molecular formula is C24H29N5O4S. The number of aromatic nitrogens is 3. The van der Waals surface area contributed by atoms with Gasteiger partial charge in [-0.05, 0) is 31.0 Å². The van der Waals surface area contributed by atoms with Crippen molar-refractivity contribution in [2.75, 3.05) is 19.5 Å². The smallest absolute Gasteiger partial charge is 0.270 e. The Morgan fingerprint density at radius 3 is 2.68 bits per heavy atom. The number of rotatable bonds is 10. The zero-order valence-electron chi connectivity index (χ0n) is 19.4. The molecule has 0 aliphatic heterocycles. The van der Waals surface area contributed by atoms with E-state index >= 15 is 0 Å². The minimum atomic E-state index is -0.388. The number of nitro groups is 1. The first-order valence-corrected chi connectivity index (χ1v) is 12.3. The molecule has 180 valence electrons. The van der Waals surface area contributed by atoms with Gasteiger partial charge in [0.15, 0.2) is 11.0 Å². The van der Waals surface area contributed by atoms with Crippen molar-refractivity contribution in [2.24, 2.45) is 0 Å². The summed E-state index contributed by atoms with van der Waals surface area (Å²) >= 11 is 1.53. The average Bonchev–Trinajstić information content (AvgIpc) is 3.29. The van der Waals surface area contributed by atoms with Crippen molar-refractivity contribution < 1.29 is 14.4 Å². The number of benzene rings is 2. The fraction of sp³-hybridized carbons (Fsp3) is 0.417. The highest BCUT2D eigenvalue weighted by molar-refractivity contribution is 7.98. The molecule has 1 fully saturated rings. The van der Waals surface area contributed by atoms with Crippen LogP contribution in [0.3, 0.4) is 0 Å². The van der Waals surface area contributed by atoms with Gasteiger partial charge in [-0.15, -0.1) is 10.2 Å². The van der Waals surface area contributed by atoms with Crippen LogP contribution in [0.5, 0.6) is 11.5 Å². The summed E-state index contributed by atoms with van der Waals surface area (Å²) in [6.07, 6.45) is 5.82. The summed E-state index contributed by atoms with van der Waals surface area (Å²) in [5.41, 5.74) is 1.76. The second kappa shape index (κ2) is 11.2. The highest BCUT2D eigenvalue weighted by Gasteiger charge is 2.23. The molecule has 0 amide bonds. The van der Waals surface area contributed by atoms with E-state index < -0.39 is 0 Å². The van der Waals surface area contributed by atoms with Gasteiger partial charge in [0.05, 0.1) is 25.7 Å². The molecule has 0 saturated heterocycles. The van der Waals surface area contributed by atoms with Gasteiger partial charge < -0.3 is 19.4 Å². The molecule has 1 aromatic heterocycles. The maximum absolute atomic E-state index is 11.2. The van der Waals surface area contributed by atoms with Crippen LogP contribution in [0.25, 0.3) is 0 Å². The van der Waals surface area contributed by atoms with E-state index in [4.69, 9.17) is 9.47 Å². The topological polar surface area (TPSA) is 104 Å². The Morgan fingerprint density at radius 2 is 1.94 bits per heavy atom. The summed E-state index contributed by atoms with van der Waals surface area (Å²) in [4.78, 5) is 10.8. The first-order chi connectivity index (χ1) is 16.6. The van der Waals surface area contributed by atoms with Gasteiger partial charge in [-0.25, -0.2) is 0 Å². The van der Waals surface area contributed by atoms with Crippen LogP contribution in [0, 0.1) is 10.1 Å². The lowest BCUT2D eigenvalue weighted by atomic mass is 9.95. The van der Waals surface area contributed by atoms with Gasteiger partial charge in [0, 0.05) is 41.2 Å². The number of nitro benzene ring substituents is 1. The number of nitrogens with one attached hydrogen (secondary N) is 1. The summed E-state index contributed by atoms with van der Waals surface area (Å²) < 4.78 is 13.0. The van der Waals surface area contributed by atoms with E-state index in [0.29, 0.717) is 24.1 Å². The maximum atomic E-state index is 11.2. The Morgan fingerprint density at radius 1 is 1.12 bits per heavy atom. The van der Waals surface area contributed by atoms with E-state index in [1.807, 2.05) is 24.3 Å². The summed E-state index contributed by atoms with van der Waals surface area (Å²) in [6, 6.07) is 12.8. The molecule has 1 N–H and O–H groups in total. The molecule has 34 heavy (non-hydrogen) atoms. The van der Waals surface area contributed by atoms with Crippen molar-refractivity contribution in [2.45, 2.75) is 55.6 Å². The minimum absolute atomic E-state index is 0.0494. The molecule has 1 aliphatic rings. The van der Waals surface area contributed by atoms with Gasteiger partial charge in [-0.3, -0.25) is 10.1 Å². The molecule has 0 atom stereocenters. The molecule has 1 aliphatic carbocycles. The van der Waals surface area contributed by atoms with Crippen molar-refractivity contribution in [3.63, 3.8) is 0 Å². The first-order valence-electron chi connectivity index (χ1n) is 11.3. The van der Waals surface area contributed by atoms with Gasteiger partial charge >= 0.3 is 0 Å². The highest BCUT2D eigenvalue weighted by Crippen LogP contribution is 2.35. The summed E-state index contributed by atoms with van der Waals surface area (Å²) in [5, 5.41) is 24.5. The Balaban J connectivity index is 1.56. The SMILES string of the molecule is COc1cccc(NCc2nnc(SCc3cc([N+](=O)[O-])ccc3OC)n2C2CCCCC2)c1. The van der Waals surface area contributed by atoms with E-state index in [9.17, 15) is 10.1 Å². The van der Waals surface area contributed by atoms with Crippen LogP contribution in [-0.4, -0.2) is 33.9 Å². The fourth-order valence-corrected chi connectivity index (χ4v) is 5.28.